The number of aliphatic hydroxyl groups excluding tert-OH is 2. The van der Waals surface area contributed by atoms with Crippen LogP contribution in [-0.4, -0.2) is 81.9 Å². The molecule has 0 fully saturated rings. The van der Waals surface area contributed by atoms with Crippen LogP contribution in [0, 0.1) is 30.6 Å². The summed E-state index contributed by atoms with van der Waals surface area (Å²) in [6.45, 7) is 14.9. The Kier molecular flexibility index (Phi) is 14.1. The highest BCUT2D eigenvalue weighted by molar-refractivity contribution is 9.10. The molecule has 0 radical (unpaired) electrons. The fourth-order valence-corrected chi connectivity index (χ4v) is 8.70. The van der Waals surface area contributed by atoms with E-state index >= 15 is 0 Å². The van der Waals surface area contributed by atoms with Crippen molar-refractivity contribution in [1.29, 1.82) is 0 Å². The number of rotatable bonds is 6. The Morgan fingerprint density at radius 1 is 1.00 bits per heavy atom. The summed E-state index contributed by atoms with van der Waals surface area (Å²) in [6.07, 6.45) is 5.20. The van der Waals surface area contributed by atoms with E-state index in [-0.39, 0.29) is 61.1 Å². The van der Waals surface area contributed by atoms with Gasteiger partial charge in [0.05, 0.1) is 42.1 Å². The zero-order valence-electron chi connectivity index (χ0n) is 37.0. The molecule has 9 atom stereocenters. The Morgan fingerprint density at radius 2 is 1.71 bits per heavy atom. The average molecular weight is 936 g/mol. The van der Waals surface area contributed by atoms with E-state index < -0.39 is 82.7 Å². The number of ketones is 1. The van der Waals surface area contributed by atoms with Gasteiger partial charge in [0.15, 0.2) is 22.3 Å². The number of carbonyl (C=O) groups is 3. The number of ether oxygens (including phenoxy) is 5. The second-order valence-corrected chi connectivity index (χ2v) is 17.6. The number of unbranched alkanes of at least 4 members (excludes halogenated alkanes) is 1. The molecule has 338 valence electrons. The van der Waals surface area contributed by atoms with Gasteiger partial charge in [0.2, 0.25) is 0 Å². The van der Waals surface area contributed by atoms with Crippen LogP contribution in [-0.2, 0) is 23.8 Å². The van der Waals surface area contributed by atoms with Gasteiger partial charge in [-0.3, -0.25) is 19.2 Å². The van der Waals surface area contributed by atoms with Crippen molar-refractivity contribution in [3.63, 3.8) is 0 Å². The van der Waals surface area contributed by atoms with Gasteiger partial charge in [-0.15, -0.1) is 0 Å². The molecule has 63 heavy (non-hydrogen) atoms. The van der Waals surface area contributed by atoms with E-state index in [2.05, 4.69) is 21.2 Å². The molecule has 15 nitrogen and oxygen atoms in total. The summed E-state index contributed by atoms with van der Waals surface area (Å²) in [4.78, 5) is 60.5. The Bertz CT molecular complexity index is 2620. The summed E-state index contributed by atoms with van der Waals surface area (Å²) in [7, 11) is 1.44. The number of halogens is 1. The van der Waals surface area contributed by atoms with Gasteiger partial charge < -0.3 is 48.7 Å². The van der Waals surface area contributed by atoms with Gasteiger partial charge in [0.1, 0.15) is 34.3 Å². The lowest BCUT2D eigenvalue weighted by molar-refractivity contribution is -0.160. The Balaban J connectivity index is 1.62. The SMILES string of the molecule is CCCCOc1cc(Br)cc2oc3c4c(O)c5c(=O)c(C)c6c(c5c3nc12)C(=O)[C@@](C)(O/C=C/[C@H](OC)[C@@H](C)[C@@H](OC(C)=O)[C@H](C)[C@H](O)[C@H](C)[C@@H](O)[C@@H](C)/C=C/C=C(/C)C(=O)N4)O6. The van der Waals surface area contributed by atoms with Gasteiger partial charge in [0.25, 0.3) is 11.7 Å². The Morgan fingerprint density at radius 3 is 2.38 bits per heavy atom. The fourth-order valence-electron chi connectivity index (χ4n) is 8.28. The van der Waals surface area contributed by atoms with Crippen LogP contribution in [0.25, 0.3) is 33.0 Å². The third kappa shape index (κ3) is 8.95. The minimum absolute atomic E-state index is 0.0169. The molecule has 0 unspecified atom stereocenters. The molecule has 0 aliphatic carbocycles. The van der Waals surface area contributed by atoms with Gasteiger partial charge in [-0.1, -0.05) is 75.2 Å². The summed E-state index contributed by atoms with van der Waals surface area (Å²) < 4.78 is 37.1. The van der Waals surface area contributed by atoms with Crippen molar-refractivity contribution >= 4 is 72.2 Å². The average Bonchev–Trinajstić information content (AvgIpc) is 3.51. The van der Waals surface area contributed by atoms with Gasteiger partial charge >= 0.3 is 11.8 Å². The second-order valence-electron chi connectivity index (χ2n) is 16.7. The predicted octanol–water partition coefficient (Wildman–Crippen LogP) is 7.94. The molecule has 3 aromatic carbocycles. The highest BCUT2D eigenvalue weighted by atomic mass is 79.9. The van der Waals surface area contributed by atoms with E-state index in [1.165, 1.54) is 53.2 Å². The number of Topliss-reactive ketones (excluding diaryl/α,β-unsaturated/α-hetero) is 1. The number of esters is 1. The van der Waals surface area contributed by atoms with Crippen molar-refractivity contribution in [2.24, 2.45) is 23.7 Å². The number of anilines is 1. The van der Waals surface area contributed by atoms with E-state index in [0.717, 1.165) is 12.8 Å². The van der Waals surface area contributed by atoms with E-state index in [9.17, 15) is 34.5 Å². The standard InChI is InChI=1S/C47H55BrN2O13/c1-11-12-17-59-30-19-28(48)20-31-35(30)49-36-32-33-40(54)26(7)43-34(32)45(56)47(9,63-43)60-18-16-29(58-10)23(4)42(61-27(8)51)25(6)39(53)24(5)38(52)21(2)14-13-15-22(3)46(57)50-37(41(33)55)44(36)62-31/h13-16,18-21,23-25,29,38-39,42,52-53,55H,11-12,17H2,1-10H3,(H,50,57)/b14-13+,18-16+,22-15-/t21-,23+,24+,25+,29-,38-,39+,42+,47-/m0/s1. The van der Waals surface area contributed by atoms with Crippen molar-refractivity contribution in [2.75, 3.05) is 19.0 Å². The number of hydrogen-bond acceptors (Lipinski definition) is 14. The lowest BCUT2D eigenvalue weighted by Gasteiger charge is -2.38. The number of nitrogens with one attached hydrogen (secondary N) is 1. The number of fused-ring (bicyclic) bond motifs is 2. The van der Waals surface area contributed by atoms with E-state index in [4.69, 9.17) is 33.1 Å². The van der Waals surface area contributed by atoms with Gasteiger partial charge in [-0.25, -0.2) is 4.98 Å². The molecule has 0 saturated heterocycles. The summed E-state index contributed by atoms with van der Waals surface area (Å²) in [5.41, 5.74) is -0.685. The molecular formula is C47H55BrN2O13. The van der Waals surface area contributed by atoms with E-state index in [1.54, 1.807) is 52.0 Å². The molecule has 3 heterocycles. The minimum Gasteiger partial charge on any atom is -0.505 e. The number of aromatic nitrogens is 1. The number of hydrogen-bond donors (Lipinski definition) is 4. The van der Waals surface area contributed by atoms with Crippen molar-refractivity contribution in [1.82, 2.24) is 4.98 Å². The normalized spacial score (nSPS) is 28.9. The number of methoxy groups -OCH3 is 1. The minimum atomic E-state index is -2.06. The highest BCUT2D eigenvalue weighted by Gasteiger charge is 2.49. The number of phenols is 1. The molecular weight excluding hydrogens is 880 g/mol. The highest BCUT2D eigenvalue weighted by Crippen LogP contribution is 2.49. The van der Waals surface area contributed by atoms with Gasteiger partial charge in [0, 0.05) is 65.6 Å². The maximum atomic E-state index is 14.8. The Labute approximate surface area is 373 Å². The van der Waals surface area contributed by atoms with Gasteiger partial charge in [-0.05, 0) is 38.5 Å². The summed E-state index contributed by atoms with van der Waals surface area (Å²) in [5.74, 6) is -6.97. The molecule has 2 aliphatic rings. The number of amides is 1. The molecule has 4 N–H and O–H groups in total. The molecule has 0 saturated carbocycles. The zero-order valence-corrected chi connectivity index (χ0v) is 38.6. The lowest BCUT2D eigenvalue weighted by Crippen LogP contribution is -2.46. The summed E-state index contributed by atoms with van der Waals surface area (Å²) in [5, 5.41) is 37.4. The van der Waals surface area contributed by atoms with E-state index in [0.29, 0.717) is 16.8 Å². The maximum absolute atomic E-state index is 14.8. The molecule has 4 bridgehead atoms. The predicted molar refractivity (Wildman–Crippen MR) is 240 cm³/mol. The summed E-state index contributed by atoms with van der Waals surface area (Å²) in [6, 6.07) is 3.35. The number of benzene rings is 3. The smallest absolute Gasteiger partial charge is 0.312 e. The third-order valence-corrected chi connectivity index (χ3v) is 12.6. The number of aliphatic hydroxyl groups is 2. The van der Waals surface area contributed by atoms with Crippen LogP contribution < -0.4 is 20.2 Å². The monoisotopic (exact) mass is 934 g/mol. The summed E-state index contributed by atoms with van der Waals surface area (Å²) >= 11 is 3.51. The molecule has 1 aromatic heterocycles. The fraction of sp³-hybridized carbons (Fsp3) is 0.468. The third-order valence-electron chi connectivity index (χ3n) is 12.1. The first-order valence-corrected chi connectivity index (χ1v) is 21.8. The Hall–Kier alpha value is -5.29. The molecule has 1 amide bonds. The van der Waals surface area contributed by atoms with Crippen LogP contribution >= 0.6 is 15.9 Å². The largest absolute Gasteiger partial charge is 0.505 e. The molecule has 16 heteroatoms. The zero-order chi connectivity index (χ0) is 46.2. The second kappa shape index (κ2) is 18.8. The van der Waals surface area contributed by atoms with Gasteiger partial charge in [-0.2, -0.15) is 0 Å². The quantitative estimate of drug-likeness (QED) is 0.0475. The molecule has 4 aromatic rings. The van der Waals surface area contributed by atoms with Crippen LogP contribution in [0.15, 0.2) is 62.0 Å². The van der Waals surface area contributed by atoms with Crippen molar-refractivity contribution in [3.05, 3.63) is 74.1 Å². The number of nitrogens with zero attached hydrogens (tertiary/aromatic N) is 1. The number of carbonyl (C=O) groups excluding carboxylic acids is 3. The first kappa shape index (κ1) is 47.2. The lowest BCUT2D eigenvalue weighted by atomic mass is 9.78. The van der Waals surface area contributed by atoms with Crippen LogP contribution in [0.4, 0.5) is 5.69 Å². The number of phenolic OH excluding ortho intramolecular Hbond substituents is 1. The maximum Gasteiger partial charge on any atom is 0.312 e. The van der Waals surface area contributed by atoms with Crippen molar-refractivity contribution in [3.8, 4) is 17.2 Å². The van der Waals surface area contributed by atoms with Crippen LogP contribution in [0.1, 0.15) is 84.2 Å². The molecule has 6 rings (SSSR count). The van der Waals surface area contributed by atoms with E-state index in [1.807, 2.05) is 6.92 Å². The van der Waals surface area contributed by atoms with Crippen LogP contribution in [0.5, 0.6) is 17.2 Å². The van der Waals surface area contributed by atoms with Crippen LogP contribution in [0.3, 0.4) is 0 Å². The van der Waals surface area contributed by atoms with Crippen LogP contribution in [0.2, 0.25) is 0 Å². The first-order valence-electron chi connectivity index (χ1n) is 21.0. The molecule has 0 spiro atoms. The van der Waals surface area contributed by atoms with Crippen molar-refractivity contribution < 1.29 is 57.8 Å². The topological polar surface area (TPSA) is 213 Å². The number of allylic oxidation sites excluding steroid dienone is 2. The van der Waals surface area contributed by atoms with Crippen molar-refractivity contribution in [2.45, 2.75) is 105 Å². The first-order chi connectivity index (χ1) is 29.8. The number of aromatic hydroxyl groups is 1. The molecule has 2 aliphatic heterocycles.